The zero-order valence-electron chi connectivity index (χ0n) is 17.8. The number of nitrogens with one attached hydrogen (secondary N) is 1. The summed E-state index contributed by atoms with van der Waals surface area (Å²) in [5.74, 6) is -0.574. The van der Waals surface area contributed by atoms with Crippen LogP contribution in [-0.4, -0.2) is 27.4 Å². The molecule has 0 saturated heterocycles. The molecule has 9 heteroatoms. The molecule has 0 radical (unpaired) electrons. The van der Waals surface area contributed by atoms with Crippen LogP contribution in [0.1, 0.15) is 29.7 Å². The number of amides is 1. The van der Waals surface area contributed by atoms with Gasteiger partial charge in [0.2, 0.25) is 0 Å². The van der Waals surface area contributed by atoms with Crippen LogP contribution < -0.4 is 5.32 Å². The van der Waals surface area contributed by atoms with E-state index in [0.717, 1.165) is 12.0 Å². The predicted molar refractivity (Wildman–Crippen MR) is 131 cm³/mol. The molecule has 0 fully saturated rings. The molecular weight excluding hydrogens is 475 g/mol. The highest BCUT2D eigenvalue weighted by Crippen LogP contribution is 2.39. The first-order valence-electron chi connectivity index (χ1n) is 10.4. The maximum atomic E-state index is 12.9. The van der Waals surface area contributed by atoms with Gasteiger partial charge in [-0.25, -0.2) is 9.48 Å². The molecule has 4 rings (SSSR count). The summed E-state index contributed by atoms with van der Waals surface area (Å²) >= 11 is 12.4. The Bertz CT molecular complexity index is 1270. The largest absolute Gasteiger partial charge is 0.439 e. The van der Waals surface area contributed by atoms with Crippen molar-refractivity contribution in [3.8, 4) is 5.69 Å². The maximum absolute atomic E-state index is 12.9. The molecule has 4 aromatic rings. The quantitative estimate of drug-likeness (QED) is 0.293. The second-order valence-corrected chi connectivity index (χ2v) is 8.22. The first kappa shape index (κ1) is 23.5. The van der Waals surface area contributed by atoms with Crippen molar-refractivity contribution in [1.82, 2.24) is 15.0 Å². The number of carbonyl (C=O) groups excluding carboxylic acids is 2. The van der Waals surface area contributed by atoms with Gasteiger partial charge in [-0.1, -0.05) is 70.9 Å². The van der Waals surface area contributed by atoms with Crippen molar-refractivity contribution >= 4 is 41.3 Å². The van der Waals surface area contributed by atoms with E-state index in [-0.39, 0.29) is 6.42 Å². The minimum absolute atomic E-state index is 0.0568. The second-order valence-electron chi connectivity index (χ2n) is 7.41. The first-order valence-corrected chi connectivity index (χ1v) is 11.2. The summed E-state index contributed by atoms with van der Waals surface area (Å²) in [5, 5.41) is 11.7. The fourth-order valence-corrected chi connectivity index (χ4v) is 3.93. The van der Waals surface area contributed by atoms with E-state index < -0.39 is 18.1 Å². The monoisotopic (exact) mass is 494 g/mol. The van der Waals surface area contributed by atoms with Gasteiger partial charge in [0.1, 0.15) is 12.0 Å². The molecule has 2 atom stereocenters. The van der Waals surface area contributed by atoms with Gasteiger partial charge in [0.15, 0.2) is 6.10 Å². The predicted octanol–water partition coefficient (Wildman–Crippen LogP) is 6.24. The molecule has 172 valence electrons. The van der Waals surface area contributed by atoms with Crippen molar-refractivity contribution in [1.29, 1.82) is 0 Å². The minimum Gasteiger partial charge on any atom is -0.439 e. The molecule has 1 N–H and O–H groups in total. The van der Waals surface area contributed by atoms with Crippen molar-refractivity contribution in [3.05, 3.63) is 106 Å². The molecule has 0 aliphatic rings. The van der Waals surface area contributed by atoms with Crippen LogP contribution in [0.15, 0.2) is 85.1 Å². The Kier molecular flexibility index (Phi) is 7.57. The standard InChI is InChI=1S/C25H20Cl2N4O3/c26-21-12-11-17(15-22(21)27)20(13-14-32)24(34-25(33)29-18-7-3-1-4-8-18)23-16-28-30-31(23)19-9-5-2-6-10-19/h1-12,14-16,20,24H,13H2,(H,29,33). The molecule has 3 aromatic carbocycles. The third-order valence-corrected chi connectivity index (χ3v) is 5.95. The number of hydrogen-bond donors (Lipinski definition) is 1. The van der Waals surface area contributed by atoms with Crippen LogP contribution in [-0.2, 0) is 9.53 Å². The number of para-hydroxylation sites is 2. The van der Waals surface area contributed by atoms with Crippen LogP contribution in [0.25, 0.3) is 5.69 Å². The Morgan fingerprint density at radius 3 is 2.38 bits per heavy atom. The van der Waals surface area contributed by atoms with E-state index in [1.54, 1.807) is 47.1 Å². The van der Waals surface area contributed by atoms with Crippen molar-refractivity contribution < 1.29 is 14.3 Å². The number of aldehydes is 1. The highest BCUT2D eigenvalue weighted by atomic mass is 35.5. The number of hydrogen-bond acceptors (Lipinski definition) is 5. The fraction of sp³-hybridized carbons (Fsp3) is 0.120. The average Bonchev–Trinajstić information content (AvgIpc) is 3.34. The lowest BCUT2D eigenvalue weighted by atomic mass is 9.89. The number of aromatic nitrogens is 3. The molecule has 2 unspecified atom stereocenters. The lowest BCUT2D eigenvalue weighted by molar-refractivity contribution is -0.108. The Morgan fingerprint density at radius 1 is 1.00 bits per heavy atom. The summed E-state index contributed by atoms with van der Waals surface area (Å²) in [4.78, 5) is 24.6. The molecule has 0 aliphatic heterocycles. The van der Waals surface area contributed by atoms with E-state index in [1.165, 1.54) is 6.20 Å². The second kappa shape index (κ2) is 11.0. The van der Waals surface area contributed by atoms with E-state index in [9.17, 15) is 9.59 Å². The zero-order valence-corrected chi connectivity index (χ0v) is 19.4. The van der Waals surface area contributed by atoms with Crippen LogP contribution in [0, 0.1) is 0 Å². The van der Waals surface area contributed by atoms with Crippen LogP contribution >= 0.6 is 23.2 Å². The zero-order chi connectivity index (χ0) is 23.9. The molecule has 0 bridgehead atoms. The molecule has 1 aromatic heterocycles. The third-order valence-electron chi connectivity index (χ3n) is 5.21. The average molecular weight is 495 g/mol. The van der Waals surface area contributed by atoms with E-state index >= 15 is 0 Å². The summed E-state index contributed by atoms with van der Waals surface area (Å²) in [6.07, 6.45) is 0.744. The molecule has 0 spiro atoms. The van der Waals surface area contributed by atoms with Gasteiger partial charge in [-0.15, -0.1) is 5.10 Å². The van der Waals surface area contributed by atoms with Gasteiger partial charge < -0.3 is 9.53 Å². The topological polar surface area (TPSA) is 86.1 Å². The molecule has 7 nitrogen and oxygen atoms in total. The number of carbonyl (C=O) groups is 2. The first-order chi connectivity index (χ1) is 16.6. The summed E-state index contributed by atoms with van der Waals surface area (Å²) in [6.45, 7) is 0. The van der Waals surface area contributed by atoms with Gasteiger partial charge in [0.05, 0.1) is 21.9 Å². The van der Waals surface area contributed by atoms with Crippen LogP contribution in [0.5, 0.6) is 0 Å². The van der Waals surface area contributed by atoms with Gasteiger partial charge >= 0.3 is 6.09 Å². The maximum Gasteiger partial charge on any atom is 0.412 e. The van der Waals surface area contributed by atoms with Crippen LogP contribution in [0.2, 0.25) is 10.0 Å². The highest BCUT2D eigenvalue weighted by Gasteiger charge is 2.32. The fourth-order valence-electron chi connectivity index (χ4n) is 3.62. The number of rotatable bonds is 8. The van der Waals surface area contributed by atoms with Gasteiger partial charge in [0.25, 0.3) is 0 Å². The summed E-state index contributed by atoms with van der Waals surface area (Å²) in [5.41, 5.74) is 2.47. The molecule has 34 heavy (non-hydrogen) atoms. The summed E-state index contributed by atoms with van der Waals surface area (Å²) in [6, 6.07) is 23.3. The molecule has 1 heterocycles. The van der Waals surface area contributed by atoms with Crippen LogP contribution in [0.4, 0.5) is 10.5 Å². The number of ether oxygens (including phenoxy) is 1. The lowest BCUT2D eigenvalue weighted by Crippen LogP contribution is -2.24. The minimum atomic E-state index is -0.915. The summed E-state index contributed by atoms with van der Waals surface area (Å²) < 4.78 is 7.49. The van der Waals surface area contributed by atoms with E-state index in [2.05, 4.69) is 15.6 Å². The van der Waals surface area contributed by atoms with E-state index in [0.29, 0.717) is 27.0 Å². The van der Waals surface area contributed by atoms with Gasteiger partial charge in [-0.2, -0.15) is 0 Å². The number of halogens is 2. The number of benzene rings is 3. The molecule has 0 aliphatic carbocycles. The van der Waals surface area contributed by atoms with E-state index in [1.807, 2.05) is 36.4 Å². The number of nitrogens with zero attached hydrogens (tertiary/aromatic N) is 3. The normalized spacial score (nSPS) is 12.5. The van der Waals surface area contributed by atoms with Gasteiger partial charge in [-0.05, 0) is 42.0 Å². The molecule has 1 amide bonds. The third kappa shape index (κ3) is 5.44. The van der Waals surface area contributed by atoms with Gasteiger partial charge in [-0.3, -0.25) is 5.32 Å². The molecular formula is C25H20Cl2N4O3. The van der Waals surface area contributed by atoms with Crippen molar-refractivity contribution in [2.24, 2.45) is 0 Å². The Balaban J connectivity index is 1.75. The molecule has 0 saturated carbocycles. The van der Waals surface area contributed by atoms with Crippen molar-refractivity contribution in [2.45, 2.75) is 18.4 Å². The number of anilines is 1. The van der Waals surface area contributed by atoms with Gasteiger partial charge in [0, 0.05) is 18.0 Å². The smallest absolute Gasteiger partial charge is 0.412 e. The SMILES string of the molecule is O=CCC(c1ccc(Cl)c(Cl)c1)C(OC(=O)Nc1ccccc1)c1cnnn1-c1ccccc1. The highest BCUT2D eigenvalue weighted by molar-refractivity contribution is 6.42. The Labute approximate surface area is 206 Å². The van der Waals surface area contributed by atoms with Crippen molar-refractivity contribution in [2.75, 3.05) is 5.32 Å². The van der Waals surface area contributed by atoms with Crippen molar-refractivity contribution in [3.63, 3.8) is 0 Å². The Hall–Kier alpha value is -3.68. The Morgan fingerprint density at radius 2 is 1.71 bits per heavy atom. The van der Waals surface area contributed by atoms with E-state index in [4.69, 9.17) is 27.9 Å². The lowest BCUT2D eigenvalue weighted by Gasteiger charge is -2.27. The van der Waals surface area contributed by atoms with Crippen LogP contribution in [0.3, 0.4) is 0 Å². The summed E-state index contributed by atoms with van der Waals surface area (Å²) in [7, 11) is 0.